The highest BCUT2D eigenvalue weighted by atomic mass is 16.6. The van der Waals surface area contributed by atoms with Gasteiger partial charge in [0, 0.05) is 19.2 Å². The number of anilines is 1. The molecule has 0 aromatic heterocycles. The average Bonchev–Trinajstić information content (AvgIpc) is 2.54. The van der Waals surface area contributed by atoms with Gasteiger partial charge in [-0.25, -0.2) is 4.79 Å². The molecule has 0 radical (unpaired) electrons. The fourth-order valence-corrected chi connectivity index (χ4v) is 2.12. The van der Waals surface area contributed by atoms with Crippen LogP contribution in [-0.2, 0) is 9.47 Å². The van der Waals surface area contributed by atoms with E-state index in [-0.39, 0.29) is 11.3 Å². The van der Waals surface area contributed by atoms with Crippen LogP contribution in [0.15, 0.2) is 18.2 Å². The van der Waals surface area contributed by atoms with Crippen molar-refractivity contribution in [2.45, 2.75) is 13.0 Å². The highest BCUT2D eigenvalue weighted by Crippen LogP contribution is 2.30. The molecule has 22 heavy (non-hydrogen) atoms. The molecule has 0 bridgehead atoms. The molecule has 1 aliphatic heterocycles. The molecule has 0 saturated carbocycles. The highest BCUT2D eigenvalue weighted by Gasteiger charge is 2.24. The van der Waals surface area contributed by atoms with Crippen LogP contribution in [0.2, 0.25) is 0 Å². The lowest BCUT2D eigenvalue weighted by atomic mass is 10.1. The zero-order chi connectivity index (χ0) is 16.1. The lowest BCUT2D eigenvalue weighted by molar-refractivity contribution is -0.384. The van der Waals surface area contributed by atoms with Crippen molar-refractivity contribution >= 4 is 17.3 Å². The number of carbonyl (C=O) groups is 1. The molecule has 0 spiro atoms. The normalized spacial score (nSPS) is 15.7. The largest absolute Gasteiger partial charge is 0.444 e. The van der Waals surface area contributed by atoms with Crippen molar-refractivity contribution in [1.29, 1.82) is 5.26 Å². The van der Waals surface area contributed by atoms with E-state index >= 15 is 0 Å². The summed E-state index contributed by atoms with van der Waals surface area (Å²) in [6.07, 6.45) is -0.912. The van der Waals surface area contributed by atoms with E-state index in [1.54, 1.807) is 6.07 Å². The van der Waals surface area contributed by atoms with Gasteiger partial charge in [0.1, 0.15) is 11.8 Å². The summed E-state index contributed by atoms with van der Waals surface area (Å²) >= 11 is 0. The Labute approximate surface area is 127 Å². The summed E-state index contributed by atoms with van der Waals surface area (Å²) in [4.78, 5) is 24.4. The number of rotatable bonds is 4. The van der Waals surface area contributed by atoms with Gasteiger partial charge < -0.3 is 14.4 Å². The fraction of sp³-hybridized carbons (Fsp3) is 0.429. The Morgan fingerprint density at radius 3 is 2.77 bits per heavy atom. The van der Waals surface area contributed by atoms with Crippen molar-refractivity contribution in [1.82, 2.24) is 0 Å². The molecule has 2 rings (SSSR count). The monoisotopic (exact) mass is 305 g/mol. The Bertz CT molecular complexity index is 619. The van der Waals surface area contributed by atoms with Gasteiger partial charge in [0.2, 0.25) is 0 Å². The maximum Gasteiger partial charge on any atom is 0.339 e. The minimum Gasteiger partial charge on any atom is -0.444 e. The number of benzene rings is 1. The molecule has 0 amide bonds. The first kappa shape index (κ1) is 15.7. The van der Waals surface area contributed by atoms with Crippen LogP contribution in [0, 0.1) is 21.4 Å². The first-order chi connectivity index (χ1) is 10.5. The van der Waals surface area contributed by atoms with E-state index in [0.29, 0.717) is 32.0 Å². The van der Waals surface area contributed by atoms with Crippen molar-refractivity contribution < 1.29 is 19.2 Å². The maximum absolute atomic E-state index is 11.8. The molecule has 0 aliphatic carbocycles. The van der Waals surface area contributed by atoms with Crippen LogP contribution >= 0.6 is 0 Å². The zero-order valence-electron chi connectivity index (χ0n) is 12.0. The standard InChI is InChI=1S/C14H15N3O5/c1-10(9-15)22-14(18)11-2-3-12(13(8-11)17(19)20)16-4-6-21-7-5-16/h2-3,8,10H,4-7H2,1H3/t10-/m1/s1. The summed E-state index contributed by atoms with van der Waals surface area (Å²) in [6.45, 7) is 3.53. The molecular formula is C14H15N3O5. The average molecular weight is 305 g/mol. The van der Waals surface area contributed by atoms with Crippen molar-refractivity contribution in [2.75, 3.05) is 31.2 Å². The smallest absolute Gasteiger partial charge is 0.339 e. The second kappa shape index (κ2) is 6.87. The summed E-state index contributed by atoms with van der Waals surface area (Å²) in [5, 5.41) is 19.9. The van der Waals surface area contributed by atoms with Crippen LogP contribution in [0.25, 0.3) is 0 Å². The van der Waals surface area contributed by atoms with E-state index in [0.717, 1.165) is 0 Å². The second-order valence-corrected chi connectivity index (χ2v) is 4.74. The third-order valence-electron chi connectivity index (χ3n) is 3.23. The van der Waals surface area contributed by atoms with Crippen molar-refractivity contribution in [2.24, 2.45) is 0 Å². The number of carbonyl (C=O) groups excluding carboxylic acids is 1. The molecule has 1 aliphatic rings. The number of hydrogen-bond acceptors (Lipinski definition) is 7. The molecule has 1 fully saturated rings. The maximum atomic E-state index is 11.8. The molecule has 1 aromatic rings. The van der Waals surface area contributed by atoms with Crippen LogP contribution in [-0.4, -0.2) is 43.3 Å². The Morgan fingerprint density at radius 1 is 1.50 bits per heavy atom. The molecular weight excluding hydrogens is 290 g/mol. The van der Waals surface area contributed by atoms with E-state index in [9.17, 15) is 14.9 Å². The number of morpholine rings is 1. The van der Waals surface area contributed by atoms with Gasteiger partial charge in [0.15, 0.2) is 6.10 Å². The number of hydrogen-bond donors (Lipinski definition) is 0. The van der Waals surface area contributed by atoms with Crippen LogP contribution in [0.5, 0.6) is 0 Å². The lowest BCUT2D eigenvalue weighted by Gasteiger charge is -2.28. The first-order valence-corrected chi connectivity index (χ1v) is 6.74. The second-order valence-electron chi connectivity index (χ2n) is 4.74. The van der Waals surface area contributed by atoms with Crippen molar-refractivity contribution in [3.05, 3.63) is 33.9 Å². The molecule has 1 heterocycles. The van der Waals surface area contributed by atoms with E-state index < -0.39 is 17.0 Å². The molecule has 1 aromatic carbocycles. The van der Waals surface area contributed by atoms with Gasteiger partial charge in [-0.1, -0.05) is 0 Å². The van der Waals surface area contributed by atoms with Gasteiger partial charge in [0.05, 0.1) is 23.7 Å². The van der Waals surface area contributed by atoms with E-state index in [1.165, 1.54) is 25.1 Å². The molecule has 1 saturated heterocycles. The number of nitriles is 1. The summed E-state index contributed by atoms with van der Waals surface area (Å²) in [7, 11) is 0. The summed E-state index contributed by atoms with van der Waals surface area (Å²) < 4.78 is 10.1. The number of esters is 1. The summed E-state index contributed by atoms with van der Waals surface area (Å²) in [5.41, 5.74) is 0.324. The molecule has 0 N–H and O–H groups in total. The Morgan fingerprint density at radius 2 is 2.18 bits per heavy atom. The van der Waals surface area contributed by atoms with Crippen LogP contribution in [0.3, 0.4) is 0 Å². The number of nitrogens with zero attached hydrogens (tertiary/aromatic N) is 3. The van der Waals surface area contributed by atoms with E-state index in [2.05, 4.69) is 0 Å². The number of ether oxygens (including phenoxy) is 2. The Kier molecular flexibility index (Phi) is 4.91. The topological polar surface area (TPSA) is 106 Å². The predicted octanol–water partition coefficient (Wildman–Crippen LogP) is 1.50. The van der Waals surface area contributed by atoms with Gasteiger partial charge in [-0.05, 0) is 19.1 Å². The predicted molar refractivity (Wildman–Crippen MR) is 76.6 cm³/mol. The quantitative estimate of drug-likeness (QED) is 0.471. The first-order valence-electron chi connectivity index (χ1n) is 6.74. The van der Waals surface area contributed by atoms with Gasteiger partial charge >= 0.3 is 5.97 Å². The van der Waals surface area contributed by atoms with Crippen molar-refractivity contribution in [3.63, 3.8) is 0 Å². The van der Waals surface area contributed by atoms with Gasteiger partial charge in [0.25, 0.3) is 5.69 Å². The Hall–Kier alpha value is -2.66. The van der Waals surface area contributed by atoms with Crippen molar-refractivity contribution in [3.8, 4) is 6.07 Å². The van der Waals surface area contributed by atoms with Gasteiger partial charge in [-0.3, -0.25) is 10.1 Å². The molecule has 1 atom stereocenters. The van der Waals surface area contributed by atoms with E-state index in [1.807, 2.05) is 4.90 Å². The van der Waals surface area contributed by atoms with Gasteiger partial charge in [-0.2, -0.15) is 5.26 Å². The number of nitro benzene ring substituents is 1. The van der Waals surface area contributed by atoms with Gasteiger partial charge in [-0.15, -0.1) is 0 Å². The summed E-state index contributed by atoms with van der Waals surface area (Å²) in [5.74, 6) is -0.759. The third kappa shape index (κ3) is 3.51. The minimum absolute atomic E-state index is 0.0470. The molecule has 8 nitrogen and oxygen atoms in total. The number of nitro groups is 1. The SMILES string of the molecule is C[C@H](C#N)OC(=O)c1ccc(N2CCOCC2)c([N+](=O)[O-])c1. The minimum atomic E-state index is -0.912. The highest BCUT2D eigenvalue weighted by molar-refractivity contribution is 5.91. The Balaban J connectivity index is 2.29. The fourth-order valence-electron chi connectivity index (χ4n) is 2.12. The molecule has 116 valence electrons. The van der Waals surface area contributed by atoms with E-state index in [4.69, 9.17) is 14.7 Å². The summed E-state index contributed by atoms with van der Waals surface area (Å²) in [6, 6.07) is 5.93. The zero-order valence-corrected chi connectivity index (χ0v) is 12.0. The third-order valence-corrected chi connectivity index (χ3v) is 3.23. The molecule has 8 heteroatoms. The molecule has 0 unspecified atom stereocenters. The van der Waals surface area contributed by atoms with Crippen LogP contribution in [0.4, 0.5) is 11.4 Å². The van der Waals surface area contributed by atoms with Crippen LogP contribution in [0.1, 0.15) is 17.3 Å². The lowest BCUT2D eigenvalue weighted by Crippen LogP contribution is -2.36. The van der Waals surface area contributed by atoms with Crippen LogP contribution < -0.4 is 4.90 Å².